The SMILES string of the molecule is O=C(N/N=C/c1ccccc1)c1cn(C2CC2)c2cc(N/N=C/c3ccccc3)c(F)cc2c1=O. The molecule has 1 saturated carbocycles. The number of aromatic nitrogens is 1. The molecule has 3 aromatic carbocycles. The molecule has 1 amide bonds. The molecule has 0 bridgehead atoms. The number of hydrogen-bond donors (Lipinski definition) is 2. The van der Waals surface area contributed by atoms with E-state index in [1.165, 1.54) is 12.4 Å². The van der Waals surface area contributed by atoms with Gasteiger partial charge in [0.2, 0.25) is 5.43 Å². The monoisotopic (exact) mass is 467 g/mol. The first-order valence-corrected chi connectivity index (χ1v) is 11.2. The van der Waals surface area contributed by atoms with Crippen molar-refractivity contribution in [1.29, 1.82) is 0 Å². The fraction of sp³-hybridized carbons (Fsp3) is 0.111. The third-order valence-corrected chi connectivity index (χ3v) is 5.68. The molecule has 5 rings (SSSR count). The summed E-state index contributed by atoms with van der Waals surface area (Å²) in [5, 5.41) is 8.19. The van der Waals surface area contributed by atoms with Gasteiger partial charge in [0.1, 0.15) is 11.4 Å². The van der Waals surface area contributed by atoms with Gasteiger partial charge in [-0.05, 0) is 36.1 Å². The molecular formula is C27H22FN5O2. The standard InChI is InChI=1S/C27H22FN5O2/c28-23-13-21-25(14-24(23)31-29-15-18-7-3-1-4-8-18)33(20-11-12-20)17-22(26(21)34)27(35)32-30-16-19-9-5-2-6-10-19/h1-10,13-17,20,31H,11-12H2,(H,32,35)/b29-15+,30-16+. The van der Waals surface area contributed by atoms with Gasteiger partial charge in [-0.1, -0.05) is 60.7 Å². The van der Waals surface area contributed by atoms with Gasteiger partial charge >= 0.3 is 0 Å². The van der Waals surface area contributed by atoms with E-state index in [1.54, 1.807) is 12.3 Å². The van der Waals surface area contributed by atoms with Crippen molar-refractivity contribution in [2.45, 2.75) is 18.9 Å². The number of nitrogens with zero attached hydrogens (tertiary/aromatic N) is 3. The van der Waals surface area contributed by atoms with Crippen molar-refractivity contribution in [2.24, 2.45) is 10.2 Å². The molecule has 174 valence electrons. The Hall–Kier alpha value is -4.59. The normalized spacial score (nSPS) is 13.5. The number of hydrazone groups is 2. The topological polar surface area (TPSA) is 87.8 Å². The second kappa shape index (κ2) is 9.72. The number of halogens is 1. The summed E-state index contributed by atoms with van der Waals surface area (Å²) >= 11 is 0. The van der Waals surface area contributed by atoms with Gasteiger partial charge in [0.15, 0.2) is 0 Å². The Labute approximate surface area is 200 Å². The zero-order chi connectivity index (χ0) is 24.2. The number of carbonyl (C=O) groups excluding carboxylic acids is 1. The molecule has 1 heterocycles. The highest BCUT2D eigenvalue weighted by atomic mass is 19.1. The molecule has 1 aliphatic carbocycles. The quantitative estimate of drug-likeness (QED) is 0.305. The Morgan fingerprint density at radius 3 is 2.20 bits per heavy atom. The average molecular weight is 468 g/mol. The van der Waals surface area contributed by atoms with E-state index >= 15 is 0 Å². The highest BCUT2D eigenvalue weighted by Gasteiger charge is 2.27. The predicted molar refractivity (Wildman–Crippen MR) is 136 cm³/mol. The second-order valence-corrected chi connectivity index (χ2v) is 8.25. The van der Waals surface area contributed by atoms with Crippen molar-refractivity contribution in [2.75, 3.05) is 5.43 Å². The molecule has 4 aromatic rings. The van der Waals surface area contributed by atoms with Crippen LogP contribution < -0.4 is 16.3 Å². The van der Waals surface area contributed by atoms with E-state index in [2.05, 4.69) is 21.1 Å². The van der Waals surface area contributed by atoms with Gasteiger partial charge in [-0.2, -0.15) is 10.2 Å². The fourth-order valence-electron chi connectivity index (χ4n) is 3.75. The third-order valence-electron chi connectivity index (χ3n) is 5.68. The van der Waals surface area contributed by atoms with Gasteiger partial charge < -0.3 is 4.57 Å². The molecule has 35 heavy (non-hydrogen) atoms. The zero-order valence-corrected chi connectivity index (χ0v) is 18.7. The Bertz CT molecular complexity index is 1490. The van der Waals surface area contributed by atoms with E-state index in [4.69, 9.17) is 0 Å². The fourth-order valence-corrected chi connectivity index (χ4v) is 3.75. The van der Waals surface area contributed by atoms with Crippen LogP contribution in [-0.4, -0.2) is 22.9 Å². The maximum absolute atomic E-state index is 14.9. The summed E-state index contributed by atoms with van der Waals surface area (Å²) in [5.74, 6) is -1.28. The number of pyridine rings is 1. The van der Waals surface area contributed by atoms with E-state index < -0.39 is 17.2 Å². The highest BCUT2D eigenvalue weighted by molar-refractivity contribution is 5.98. The van der Waals surface area contributed by atoms with Crippen LogP contribution in [0.25, 0.3) is 10.9 Å². The molecule has 0 unspecified atom stereocenters. The summed E-state index contributed by atoms with van der Waals surface area (Å²) in [6, 6.07) is 21.5. The lowest BCUT2D eigenvalue weighted by molar-refractivity contribution is 0.0953. The Kier molecular flexibility index (Phi) is 6.17. The molecule has 0 radical (unpaired) electrons. The molecular weight excluding hydrogens is 445 g/mol. The van der Waals surface area contributed by atoms with E-state index in [0.29, 0.717) is 5.52 Å². The Morgan fingerprint density at radius 2 is 1.57 bits per heavy atom. The molecule has 7 nitrogen and oxygen atoms in total. The van der Waals surface area contributed by atoms with Gasteiger partial charge in [0.05, 0.1) is 23.6 Å². The predicted octanol–water partition coefficient (Wildman–Crippen LogP) is 4.69. The van der Waals surface area contributed by atoms with Crippen LogP contribution in [0.4, 0.5) is 10.1 Å². The lowest BCUT2D eigenvalue weighted by atomic mass is 10.1. The summed E-state index contributed by atoms with van der Waals surface area (Å²) in [4.78, 5) is 25.9. The number of hydrogen-bond acceptors (Lipinski definition) is 5. The Morgan fingerprint density at radius 1 is 0.943 bits per heavy atom. The lowest BCUT2D eigenvalue weighted by Gasteiger charge is -2.14. The maximum atomic E-state index is 14.9. The van der Waals surface area contributed by atoms with Crippen LogP contribution >= 0.6 is 0 Å². The van der Waals surface area contributed by atoms with E-state index in [-0.39, 0.29) is 22.7 Å². The first-order valence-electron chi connectivity index (χ1n) is 11.2. The van der Waals surface area contributed by atoms with E-state index in [1.807, 2.05) is 65.2 Å². The van der Waals surface area contributed by atoms with Crippen molar-refractivity contribution in [1.82, 2.24) is 9.99 Å². The molecule has 1 aliphatic rings. The molecule has 0 saturated heterocycles. The minimum atomic E-state index is -0.645. The van der Waals surface area contributed by atoms with Crippen molar-refractivity contribution >= 4 is 34.9 Å². The van der Waals surface area contributed by atoms with Crippen LogP contribution in [0, 0.1) is 5.82 Å². The summed E-state index contributed by atoms with van der Waals surface area (Å²) in [6.45, 7) is 0. The summed E-state index contributed by atoms with van der Waals surface area (Å²) < 4.78 is 16.7. The van der Waals surface area contributed by atoms with Gasteiger partial charge in [-0.25, -0.2) is 9.82 Å². The molecule has 1 fully saturated rings. The first-order chi connectivity index (χ1) is 17.1. The van der Waals surface area contributed by atoms with Crippen molar-refractivity contribution in [3.63, 3.8) is 0 Å². The molecule has 0 atom stereocenters. The van der Waals surface area contributed by atoms with Crippen LogP contribution in [0.1, 0.15) is 40.4 Å². The Balaban J connectivity index is 1.45. The minimum Gasteiger partial charge on any atom is -0.343 e. The molecule has 8 heteroatoms. The van der Waals surface area contributed by atoms with Gasteiger partial charge in [0, 0.05) is 17.6 Å². The average Bonchev–Trinajstić information content (AvgIpc) is 3.72. The minimum absolute atomic E-state index is 0.0863. The number of benzene rings is 3. The smallest absolute Gasteiger partial charge is 0.276 e. The second-order valence-electron chi connectivity index (χ2n) is 8.25. The maximum Gasteiger partial charge on any atom is 0.276 e. The van der Waals surface area contributed by atoms with Gasteiger partial charge in [-0.3, -0.25) is 15.0 Å². The van der Waals surface area contributed by atoms with E-state index in [9.17, 15) is 14.0 Å². The zero-order valence-electron chi connectivity index (χ0n) is 18.7. The molecule has 0 spiro atoms. The van der Waals surface area contributed by atoms with Crippen molar-refractivity contribution < 1.29 is 9.18 Å². The number of anilines is 1. The summed E-state index contributed by atoms with van der Waals surface area (Å²) in [7, 11) is 0. The number of rotatable bonds is 7. The van der Waals surface area contributed by atoms with Crippen LogP contribution in [0.3, 0.4) is 0 Å². The molecule has 2 N–H and O–H groups in total. The van der Waals surface area contributed by atoms with Gasteiger partial charge in [0.25, 0.3) is 5.91 Å². The summed E-state index contributed by atoms with van der Waals surface area (Å²) in [6.07, 6.45) is 6.44. The van der Waals surface area contributed by atoms with Gasteiger partial charge in [-0.15, -0.1) is 0 Å². The van der Waals surface area contributed by atoms with Crippen LogP contribution in [0.5, 0.6) is 0 Å². The molecule has 0 aliphatic heterocycles. The first kappa shape index (κ1) is 22.2. The number of fused-ring (bicyclic) bond motifs is 1. The number of nitrogens with one attached hydrogen (secondary N) is 2. The lowest BCUT2D eigenvalue weighted by Crippen LogP contribution is -2.27. The molecule has 1 aromatic heterocycles. The number of carbonyl (C=O) groups is 1. The highest BCUT2D eigenvalue weighted by Crippen LogP contribution is 2.37. The number of amides is 1. The van der Waals surface area contributed by atoms with Crippen LogP contribution in [-0.2, 0) is 0 Å². The largest absolute Gasteiger partial charge is 0.343 e. The van der Waals surface area contributed by atoms with Crippen molar-refractivity contribution in [3.05, 3.63) is 112 Å². The van der Waals surface area contributed by atoms with Crippen LogP contribution in [0.2, 0.25) is 0 Å². The van der Waals surface area contributed by atoms with Crippen LogP contribution in [0.15, 0.2) is 94.0 Å². The third kappa shape index (κ3) is 5.01. The van der Waals surface area contributed by atoms with Crippen molar-refractivity contribution in [3.8, 4) is 0 Å². The van der Waals surface area contributed by atoms with E-state index in [0.717, 1.165) is 30.0 Å². The summed E-state index contributed by atoms with van der Waals surface area (Å²) in [5.41, 5.74) is 6.83.